The van der Waals surface area contributed by atoms with Crippen molar-refractivity contribution in [3.8, 4) is 0 Å². The molecule has 1 aromatic carbocycles. The first kappa shape index (κ1) is 11.8. The van der Waals surface area contributed by atoms with E-state index in [0.29, 0.717) is 0 Å². The molecule has 0 aliphatic rings. The highest BCUT2D eigenvalue weighted by Crippen LogP contribution is 2.25. The molecule has 2 nitrogen and oxygen atoms in total. The van der Waals surface area contributed by atoms with Crippen LogP contribution in [-0.4, -0.2) is 20.3 Å². The van der Waals surface area contributed by atoms with E-state index in [0.717, 1.165) is 34.8 Å². The van der Waals surface area contributed by atoms with Gasteiger partial charge in [0.25, 0.3) is 0 Å². The minimum Gasteiger partial charge on any atom is -0.385 e. The van der Waals surface area contributed by atoms with E-state index < -0.39 is 0 Å². The lowest BCUT2D eigenvalue weighted by Crippen LogP contribution is -2.04. The van der Waals surface area contributed by atoms with Crippen LogP contribution in [0.2, 0.25) is 5.02 Å². The summed E-state index contributed by atoms with van der Waals surface area (Å²) in [6.07, 6.45) is 0.992. The summed E-state index contributed by atoms with van der Waals surface area (Å²) in [5, 5.41) is 4.02. The van der Waals surface area contributed by atoms with Crippen LogP contribution in [0.25, 0.3) is 0 Å². The molecular weight excluding hydrogens is 265 g/mol. The van der Waals surface area contributed by atoms with E-state index in [4.69, 9.17) is 16.3 Å². The van der Waals surface area contributed by atoms with Gasteiger partial charge < -0.3 is 10.1 Å². The number of halogens is 2. The summed E-state index contributed by atoms with van der Waals surface area (Å²) >= 11 is 9.26. The second-order valence-corrected chi connectivity index (χ2v) is 4.19. The van der Waals surface area contributed by atoms with Crippen LogP contribution in [0, 0.1) is 0 Å². The molecule has 0 saturated heterocycles. The number of hydrogen-bond acceptors (Lipinski definition) is 2. The maximum absolute atomic E-state index is 5.82. The number of anilines is 1. The summed E-state index contributed by atoms with van der Waals surface area (Å²) in [6, 6.07) is 5.70. The summed E-state index contributed by atoms with van der Waals surface area (Å²) in [4.78, 5) is 0. The van der Waals surface area contributed by atoms with Gasteiger partial charge in [-0.1, -0.05) is 11.6 Å². The zero-order valence-corrected chi connectivity index (χ0v) is 10.4. The van der Waals surface area contributed by atoms with Crippen LogP contribution in [0.15, 0.2) is 22.7 Å². The van der Waals surface area contributed by atoms with E-state index in [9.17, 15) is 0 Å². The molecule has 0 aliphatic heterocycles. The van der Waals surface area contributed by atoms with Gasteiger partial charge in [-0.3, -0.25) is 0 Å². The van der Waals surface area contributed by atoms with Crippen molar-refractivity contribution in [3.63, 3.8) is 0 Å². The van der Waals surface area contributed by atoms with Crippen LogP contribution in [0.3, 0.4) is 0 Å². The zero-order valence-electron chi connectivity index (χ0n) is 8.02. The van der Waals surface area contributed by atoms with Crippen LogP contribution in [-0.2, 0) is 4.74 Å². The van der Waals surface area contributed by atoms with Crippen molar-refractivity contribution >= 4 is 33.2 Å². The van der Waals surface area contributed by atoms with Crippen LogP contribution in [0.5, 0.6) is 0 Å². The Morgan fingerprint density at radius 1 is 1.50 bits per heavy atom. The van der Waals surface area contributed by atoms with Gasteiger partial charge in [-0.2, -0.15) is 0 Å². The van der Waals surface area contributed by atoms with Crippen LogP contribution >= 0.6 is 27.5 Å². The van der Waals surface area contributed by atoms with Crippen molar-refractivity contribution in [2.24, 2.45) is 0 Å². The average molecular weight is 279 g/mol. The molecule has 4 heteroatoms. The minimum absolute atomic E-state index is 0.735. The molecule has 0 aliphatic carbocycles. The molecule has 0 saturated carbocycles. The first-order chi connectivity index (χ1) is 6.74. The van der Waals surface area contributed by atoms with Gasteiger partial charge in [0.2, 0.25) is 0 Å². The fourth-order valence-electron chi connectivity index (χ4n) is 1.07. The molecule has 0 aromatic heterocycles. The average Bonchev–Trinajstić information content (AvgIpc) is 2.15. The fourth-order valence-corrected chi connectivity index (χ4v) is 1.90. The molecule has 0 heterocycles. The van der Waals surface area contributed by atoms with E-state index in [1.165, 1.54) is 0 Å². The summed E-state index contributed by atoms with van der Waals surface area (Å²) in [5.41, 5.74) is 1.06. The molecule has 1 aromatic rings. The van der Waals surface area contributed by atoms with Gasteiger partial charge in [0, 0.05) is 35.4 Å². The molecule has 78 valence electrons. The zero-order chi connectivity index (χ0) is 10.4. The summed E-state index contributed by atoms with van der Waals surface area (Å²) in [7, 11) is 1.71. The van der Waals surface area contributed by atoms with Gasteiger partial charge in [0.1, 0.15) is 0 Å². The van der Waals surface area contributed by atoms with E-state index >= 15 is 0 Å². The maximum atomic E-state index is 5.82. The standard InChI is InChI=1S/C10H13BrClNO/c1-14-6-2-5-13-10-4-3-8(12)7-9(10)11/h3-4,7,13H,2,5-6H2,1H3. The Bertz CT molecular complexity index is 293. The lowest BCUT2D eigenvalue weighted by atomic mass is 10.3. The highest BCUT2D eigenvalue weighted by molar-refractivity contribution is 9.10. The van der Waals surface area contributed by atoms with Crippen molar-refractivity contribution in [1.82, 2.24) is 0 Å². The molecule has 0 spiro atoms. The lowest BCUT2D eigenvalue weighted by Gasteiger charge is -2.08. The van der Waals surface area contributed by atoms with Crippen molar-refractivity contribution in [1.29, 1.82) is 0 Å². The number of hydrogen-bond donors (Lipinski definition) is 1. The molecular formula is C10H13BrClNO. The number of rotatable bonds is 5. The Balaban J connectivity index is 2.42. The molecule has 0 unspecified atom stereocenters. The summed E-state index contributed by atoms with van der Waals surface area (Å²) in [6.45, 7) is 1.67. The Kier molecular flexibility index (Phi) is 5.30. The van der Waals surface area contributed by atoms with Gasteiger partial charge in [-0.05, 0) is 40.5 Å². The third-order valence-electron chi connectivity index (χ3n) is 1.77. The molecule has 14 heavy (non-hydrogen) atoms. The smallest absolute Gasteiger partial charge is 0.0485 e. The van der Waals surface area contributed by atoms with Crippen LogP contribution in [0.1, 0.15) is 6.42 Å². The third-order valence-corrected chi connectivity index (χ3v) is 2.66. The number of benzene rings is 1. The largest absolute Gasteiger partial charge is 0.385 e. The normalized spacial score (nSPS) is 10.2. The molecule has 0 fully saturated rings. The van der Waals surface area contributed by atoms with Gasteiger partial charge >= 0.3 is 0 Å². The highest BCUT2D eigenvalue weighted by Gasteiger charge is 1.98. The molecule has 0 bridgehead atoms. The van der Waals surface area contributed by atoms with Gasteiger partial charge in [0.15, 0.2) is 0 Å². The van der Waals surface area contributed by atoms with E-state index in [1.807, 2.05) is 18.2 Å². The minimum atomic E-state index is 0.735. The summed E-state index contributed by atoms with van der Waals surface area (Å²) < 4.78 is 5.94. The highest BCUT2D eigenvalue weighted by atomic mass is 79.9. The number of methoxy groups -OCH3 is 1. The third kappa shape index (κ3) is 3.86. The van der Waals surface area contributed by atoms with E-state index in [2.05, 4.69) is 21.2 Å². The molecule has 1 rings (SSSR count). The maximum Gasteiger partial charge on any atom is 0.0485 e. The number of nitrogens with one attached hydrogen (secondary N) is 1. The fraction of sp³-hybridized carbons (Fsp3) is 0.400. The Morgan fingerprint density at radius 2 is 2.29 bits per heavy atom. The SMILES string of the molecule is COCCCNc1ccc(Cl)cc1Br. The van der Waals surface area contributed by atoms with Gasteiger partial charge in [-0.15, -0.1) is 0 Å². The van der Waals surface area contributed by atoms with Gasteiger partial charge in [0.05, 0.1) is 0 Å². The van der Waals surface area contributed by atoms with Crippen molar-refractivity contribution in [2.75, 3.05) is 25.6 Å². The Morgan fingerprint density at radius 3 is 2.93 bits per heavy atom. The predicted molar refractivity (Wildman–Crippen MR) is 64.1 cm³/mol. The molecule has 1 N–H and O–H groups in total. The second kappa shape index (κ2) is 6.27. The quantitative estimate of drug-likeness (QED) is 0.832. The number of ether oxygens (including phenoxy) is 1. The van der Waals surface area contributed by atoms with Crippen LogP contribution < -0.4 is 5.32 Å². The predicted octanol–water partition coefficient (Wildman–Crippen LogP) is 3.55. The first-order valence-electron chi connectivity index (χ1n) is 4.42. The monoisotopic (exact) mass is 277 g/mol. The molecule has 0 amide bonds. The topological polar surface area (TPSA) is 21.3 Å². The lowest BCUT2D eigenvalue weighted by molar-refractivity contribution is 0.198. The molecule has 0 atom stereocenters. The van der Waals surface area contributed by atoms with Crippen molar-refractivity contribution < 1.29 is 4.74 Å². The van der Waals surface area contributed by atoms with Crippen LogP contribution in [0.4, 0.5) is 5.69 Å². The van der Waals surface area contributed by atoms with Gasteiger partial charge in [-0.25, -0.2) is 0 Å². The molecule has 0 radical (unpaired) electrons. The van der Waals surface area contributed by atoms with Crippen molar-refractivity contribution in [2.45, 2.75) is 6.42 Å². The Labute approximate surface area is 97.7 Å². The Hall–Kier alpha value is -0.250. The first-order valence-corrected chi connectivity index (χ1v) is 5.59. The van der Waals surface area contributed by atoms with Crippen molar-refractivity contribution in [3.05, 3.63) is 27.7 Å². The second-order valence-electron chi connectivity index (χ2n) is 2.90. The van der Waals surface area contributed by atoms with E-state index in [-0.39, 0.29) is 0 Å². The van der Waals surface area contributed by atoms with E-state index in [1.54, 1.807) is 7.11 Å². The summed E-state index contributed by atoms with van der Waals surface area (Å²) in [5.74, 6) is 0.